The largest absolute Gasteiger partial charge is 0.293 e. The predicted octanol–water partition coefficient (Wildman–Crippen LogP) is 5.53. The summed E-state index contributed by atoms with van der Waals surface area (Å²) >= 11 is 10.5. The van der Waals surface area contributed by atoms with Crippen molar-refractivity contribution in [2.24, 2.45) is 0 Å². The second-order valence-corrected chi connectivity index (χ2v) is 6.97. The van der Waals surface area contributed by atoms with Gasteiger partial charge in [-0.3, -0.25) is 4.79 Å². The Morgan fingerprint density at radius 3 is 2.05 bits per heavy atom. The van der Waals surface area contributed by atoms with Gasteiger partial charge < -0.3 is 0 Å². The Bertz CT molecular complexity index is 551. The minimum atomic E-state index is -0.295. The van der Waals surface area contributed by atoms with E-state index < -0.39 is 0 Å². The van der Waals surface area contributed by atoms with E-state index in [2.05, 4.69) is 47.8 Å². The van der Waals surface area contributed by atoms with Crippen LogP contribution in [0.4, 0.5) is 0 Å². The molecule has 0 radical (unpaired) electrons. The van der Waals surface area contributed by atoms with Crippen LogP contribution in [-0.4, -0.2) is 10.6 Å². The van der Waals surface area contributed by atoms with Crippen LogP contribution < -0.4 is 0 Å². The Labute approximate surface area is 137 Å². The molecule has 0 aliphatic rings. The van der Waals surface area contributed by atoms with Crippen LogP contribution in [0.5, 0.6) is 0 Å². The number of halogens is 3. The molecule has 0 heterocycles. The zero-order valence-electron chi connectivity index (χ0n) is 9.89. The summed E-state index contributed by atoms with van der Waals surface area (Å²) in [6, 6.07) is 17.2. The number of hydrogen-bond acceptors (Lipinski definition) is 1. The Kier molecular flexibility index (Phi) is 5.37. The van der Waals surface area contributed by atoms with Gasteiger partial charge in [0.05, 0.1) is 9.65 Å². The van der Waals surface area contributed by atoms with Crippen molar-refractivity contribution in [1.29, 1.82) is 0 Å². The zero-order valence-corrected chi connectivity index (χ0v) is 14.7. The molecule has 0 unspecified atom stereocenters. The SMILES string of the molecule is O=C(c1ccccc1)[C@@H](Br)[C@@H](Br)c1ccc(Br)cc1. The summed E-state index contributed by atoms with van der Waals surface area (Å²) in [6.45, 7) is 0. The van der Waals surface area contributed by atoms with Crippen molar-refractivity contribution in [2.45, 2.75) is 9.65 Å². The summed E-state index contributed by atoms with van der Waals surface area (Å²) in [4.78, 5) is 12.0. The lowest BCUT2D eigenvalue weighted by atomic mass is 10.0. The summed E-state index contributed by atoms with van der Waals surface area (Å²) in [6.07, 6.45) is 0. The third-order valence-electron chi connectivity index (χ3n) is 2.75. The molecule has 2 rings (SSSR count). The summed E-state index contributed by atoms with van der Waals surface area (Å²) in [5, 5.41) is 0. The maximum atomic E-state index is 12.3. The molecule has 19 heavy (non-hydrogen) atoms. The first-order chi connectivity index (χ1) is 9.09. The maximum absolute atomic E-state index is 12.3. The quantitative estimate of drug-likeness (QED) is 0.445. The van der Waals surface area contributed by atoms with Gasteiger partial charge in [0.15, 0.2) is 5.78 Å². The molecule has 0 amide bonds. The average molecular weight is 447 g/mol. The first-order valence-corrected chi connectivity index (χ1v) is 8.35. The van der Waals surface area contributed by atoms with E-state index in [9.17, 15) is 4.79 Å². The van der Waals surface area contributed by atoms with Gasteiger partial charge in [-0.1, -0.05) is 90.3 Å². The first-order valence-electron chi connectivity index (χ1n) is 5.72. The predicted molar refractivity (Wildman–Crippen MR) is 89.3 cm³/mol. The number of rotatable bonds is 4. The number of Topliss-reactive ketones (excluding diaryl/α,β-unsaturated/α-hetero) is 1. The van der Waals surface area contributed by atoms with E-state index in [1.807, 2.05) is 54.6 Å². The minimum absolute atomic E-state index is 0.0618. The van der Waals surface area contributed by atoms with Crippen LogP contribution in [0.25, 0.3) is 0 Å². The van der Waals surface area contributed by atoms with Crippen molar-refractivity contribution in [3.8, 4) is 0 Å². The fourth-order valence-electron chi connectivity index (χ4n) is 1.71. The molecule has 2 atom stereocenters. The Morgan fingerprint density at radius 1 is 0.895 bits per heavy atom. The Balaban J connectivity index is 2.17. The standard InChI is InChI=1S/C15H11Br3O/c16-12-8-6-10(7-9-12)13(17)14(18)15(19)11-4-2-1-3-5-11/h1-9,13-14H/t13-,14-/m0/s1. The molecule has 0 N–H and O–H groups in total. The number of ketones is 1. The van der Waals surface area contributed by atoms with Crippen molar-refractivity contribution in [2.75, 3.05) is 0 Å². The fraction of sp³-hybridized carbons (Fsp3) is 0.133. The van der Waals surface area contributed by atoms with Crippen LogP contribution >= 0.6 is 47.8 Å². The van der Waals surface area contributed by atoms with Gasteiger partial charge >= 0.3 is 0 Å². The molecule has 0 fully saturated rings. The van der Waals surface area contributed by atoms with E-state index in [1.54, 1.807) is 0 Å². The molecule has 0 saturated heterocycles. The molecule has 0 aromatic heterocycles. The van der Waals surface area contributed by atoms with E-state index in [0.29, 0.717) is 5.56 Å². The van der Waals surface area contributed by atoms with E-state index in [1.165, 1.54) is 0 Å². The molecule has 0 bridgehead atoms. The molecule has 1 nitrogen and oxygen atoms in total. The van der Waals surface area contributed by atoms with Crippen LogP contribution in [0, 0.1) is 0 Å². The summed E-state index contributed by atoms with van der Waals surface area (Å²) in [5.41, 5.74) is 1.78. The van der Waals surface area contributed by atoms with Crippen LogP contribution in [0.3, 0.4) is 0 Å². The van der Waals surface area contributed by atoms with Gasteiger partial charge in [-0.05, 0) is 17.7 Å². The molecular weight excluding hydrogens is 436 g/mol. The van der Waals surface area contributed by atoms with Crippen LogP contribution in [0.15, 0.2) is 59.1 Å². The minimum Gasteiger partial charge on any atom is -0.293 e. The molecule has 2 aromatic rings. The number of alkyl halides is 2. The van der Waals surface area contributed by atoms with Crippen molar-refractivity contribution < 1.29 is 4.79 Å². The smallest absolute Gasteiger partial charge is 0.177 e. The van der Waals surface area contributed by atoms with Crippen molar-refractivity contribution in [1.82, 2.24) is 0 Å². The average Bonchev–Trinajstić information content (AvgIpc) is 2.46. The highest BCUT2D eigenvalue weighted by Gasteiger charge is 2.25. The molecule has 0 spiro atoms. The summed E-state index contributed by atoms with van der Waals surface area (Å²) in [5.74, 6) is 0.0744. The Hall–Kier alpha value is -0.450. The zero-order chi connectivity index (χ0) is 13.8. The molecular formula is C15H11Br3O. The first kappa shape index (κ1) is 14.9. The van der Waals surface area contributed by atoms with E-state index in [4.69, 9.17) is 0 Å². The van der Waals surface area contributed by atoms with Gasteiger partial charge in [0.2, 0.25) is 0 Å². The van der Waals surface area contributed by atoms with Gasteiger partial charge in [0.1, 0.15) is 0 Å². The molecule has 0 saturated carbocycles. The fourth-order valence-corrected chi connectivity index (χ4v) is 3.09. The Morgan fingerprint density at radius 2 is 1.47 bits per heavy atom. The van der Waals surface area contributed by atoms with Crippen LogP contribution in [-0.2, 0) is 0 Å². The highest BCUT2D eigenvalue weighted by atomic mass is 79.9. The van der Waals surface area contributed by atoms with Crippen molar-refractivity contribution >= 4 is 53.6 Å². The van der Waals surface area contributed by atoms with Gasteiger partial charge in [-0.15, -0.1) is 0 Å². The van der Waals surface area contributed by atoms with E-state index >= 15 is 0 Å². The lowest BCUT2D eigenvalue weighted by Gasteiger charge is -2.16. The lowest BCUT2D eigenvalue weighted by Crippen LogP contribution is -2.19. The van der Waals surface area contributed by atoms with Gasteiger partial charge in [-0.25, -0.2) is 0 Å². The van der Waals surface area contributed by atoms with Crippen molar-refractivity contribution in [3.05, 3.63) is 70.2 Å². The number of carbonyl (C=O) groups is 1. The molecule has 2 aromatic carbocycles. The third kappa shape index (κ3) is 3.77. The molecule has 4 heteroatoms. The summed E-state index contributed by atoms with van der Waals surface area (Å²) in [7, 11) is 0. The highest BCUT2D eigenvalue weighted by molar-refractivity contribution is 9.12. The van der Waals surface area contributed by atoms with Gasteiger partial charge in [-0.2, -0.15) is 0 Å². The van der Waals surface area contributed by atoms with E-state index in [0.717, 1.165) is 10.0 Å². The van der Waals surface area contributed by atoms with Crippen molar-refractivity contribution in [3.63, 3.8) is 0 Å². The number of benzene rings is 2. The third-order valence-corrected chi connectivity index (χ3v) is 5.99. The van der Waals surface area contributed by atoms with Gasteiger partial charge in [0.25, 0.3) is 0 Å². The lowest BCUT2D eigenvalue weighted by molar-refractivity contribution is 0.0991. The second-order valence-electron chi connectivity index (χ2n) is 4.09. The maximum Gasteiger partial charge on any atom is 0.177 e. The molecule has 0 aliphatic carbocycles. The van der Waals surface area contributed by atoms with Crippen LogP contribution in [0.2, 0.25) is 0 Å². The normalized spacial score (nSPS) is 13.8. The second kappa shape index (κ2) is 6.82. The van der Waals surface area contributed by atoms with Gasteiger partial charge in [0, 0.05) is 10.0 Å². The molecule has 0 aliphatic heterocycles. The summed E-state index contributed by atoms with van der Waals surface area (Å²) < 4.78 is 1.02. The highest BCUT2D eigenvalue weighted by Crippen LogP contribution is 2.33. The topological polar surface area (TPSA) is 17.1 Å². The monoisotopic (exact) mass is 444 g/mol. The number of carbonyl (C=O) groups excluding carboxylic acids is 1. The van der Waals surface area contributed by atoms with E-state index in [-0.39, 0.29) is 15.4 Å². The van der Waals surface area contributed by atoms with Crippen LogP contribution in [0.1, 0.15) is 20.7 Å². The molecule has 98 valence electrons. The number of hydrogen-bond donors (Lipinski definition) is 0.